The molecule has 0 unspecified atom stereocenters. The van der Waals surface area contributed by atoms with Crippen molar-refractivity contribution in [2.75, 3.05) is 16.1 Å². The number of nitrogens with zero attached hydrogens (tertiary/aromatic N) is 5. The molecule has 0 atom stereocenters. The summed E-state index contributed by atoms with van der Waals surface area (Å²) < 4.78 is 5.77. The molecule has 5 rings (SSSR count). The summed E-state index contributed by atoms with van der Waals surface area (Å²) in [5, 5.41) is 21.9. The van der Waals surface area contributed by atoms with E-state index in [0.717, 1.165) is 16.9 Å². The molecule has 0 amide bonds. The molecule has 2 aromatic heterocycles. The Bertz CT molecular complexity index is 1530. The molecule has 0 radical (unpaired) electrons. The number of nitrogens with one attached hydrogen (secondary N) is 3. The molecule has 3 N–H and O–H groups in total. The minimum atomic E-state index is -0.428. The van der Waals surface area contributed by atoms with Crippen molar-refractivity contribution >= 4 is 41.1 Å². The number of hydrazone groups is 1. The lowest BCUT2D eigenvalue weighted by Gasteiger charge is -2.10. The summed E-state index contributed by atoms with van der Waals surface area (Å²) in [6.45, 7) is 1.80. The van der Waals surface area contributed by atoms with E-state index in [1.54, 1.807) is 31.2 Å². The Morgan fingerprint density at radius 3 is 2.03 bits per heavy atom. The van der Waals surface area contributed by atoms with E-state index in [-0.39, 0.29) is 11.6 Å². The van der Waals surface area contributed by atoms with Crippen LogP contribution in [0.15, 0.2) is 101 Å². The Balaban J connectivity index is 1.36. The smallest absolute Gasteiger partial charge is 0.280 e. The quantitative estimate of drug-likeness (QED) is 0.119. The normalized spacial score (nSPS) is 10.9. The Labute approximate surface area is 217 Å². The lowest BCUT2D eigenvalue weighted by atomic mass is 10.1. The number of hydrogen-bond donors (Lipinski definition) is 3. The van der Waals surface area contributed by atoms with Gasteiger partial charge in [-0.15, -0.1) is 0 Å². The van der Waals surface area contributed by atoms with Gasteiger partial charge in [-0.2, -0.15) is 20.1 Å². The predicted octanol–water partition coefficient (Wildman–Crippen LogP) is 6.28. The second kappa shape index (κ2) is 11.0. The van der Waals surface area contributed by atoms with Crippen molar-refractivity contribution in [3.63, 3.8) is 0 Å². The average Bonchev–Trinajstić information content (AvgIpc) is 3.38. The highest BCUT2D eigenvalue weighted by Crippen LogP contribution is 2.31. The number of hydrogen-bond acceptors (Lipinski definition) is 10. The number of nitro benzene ring substituents is 1. The maximum absolute atomic E-state index is 11.5. The van der Waals surface area contributed by atoms with Gasteiger partial charge in [0, 0.05) is 17.4 Å². The van der Waals surface area contributed by atoms with Crippen molar-refractivity contribution in [3.05, 3.63) is 112 Å². The Morgan fingerprint density at radius 1 is 0.816 bits per heavy atom. The summed E-state index contributed by atoms with van der Waals surface area (Å²) in [5.74, 6) is 1.57. The van der Waals surface area contributed by atoms with Crippen molar-refractivity contribution < 1.29 is 9.34 Å². The number of benzene rings is 3. The van der Waals surface area contributed by atoms with Crippen molar-refractivity contribution in [2.45, 2.75) is 6.92 Å². The van der Waals surface area contributed by atoms with Crippen molar-refractivity contribution in [3.8, 4) is 11.3 Å². The monoisotopic (exact) mass is 506 g/mol. The van der Waals surface area contributed by atoms with Gasteiger partial charge in [0.05, 0.1) is 16.7 Å². The standard InChI is InChI=1S/C27H22N8O3/c1-18-12-14-22(23(16-18)35(36)37)24-15-13-21(38-24)17-28-34-27-32-25(29-19-8-4-2-5-9-19)31-26(33-27)30-20-10-6-3-7-11-20/h2-17H,1H3,(H3,29,30,31,32,33,34)/b28-17-. The summed E-state index contributed by atoms with van der Waals surface area (Å²) in [4.78, 5) is 24.3. The molecule has 38 heavy (non-hydrogen) atoms. The van der Waals surface area contributed by atoms with E-state index in [1.165, 1.54) is 12.3 Å². The van der Waals surface area contributed by atoms with Gasteiger partial charge in [-0.3, -0.25) is 10.1 Å². The molecule has 0 bridgehead atoms. The molecule has 3 aromatic carbocycles. The van der Waals surface area contributed by atoms with Gasteiger partial charge in [0.1, 0.15) is 11.5 Å². The third-order valence-electron chi connectivity index (χ3n) is 5.29. The predicted molar refractivity (Wildman–Crippen MR) is 146 cm³/mol. The van der Waals surface area contributed by atoms with E-state index in [9.17, 15) is 10.1 Å². The first-order chi connectivity index (χ1) is 18.5. The van der Waals surface area contributed by atoms with E-state index in [4.69, 9.17) is 4.42 Å². The van der Waals surface area contributed by atoms with Crippen LogP contribution in [0.3, 0.4) is 0 Å². The molecule has 0 aliphatic heterocycles. The van der Waals surface area contributed by atoms with Gasteiger partial charge in [-0.25, -0.2) is 5.43 Å². The third-order valence-corrected chi connectivity index (χ3v) is 5.29. The van der Waals surface area contributed by atoms with Crippen molar-refractivity contribution in [1.82, 2.24) is 15.0 Å². The van der Waals surface area contributed by atoms with Gasteiger partial charge in [-0.1, -0.05) is 42.5 Å². The number of aryl methyl sites for hydroxylation is 1. The summed E-state index contributed by atoms with van der Waals surface area (Å²) in [5.41, 5.74) is 5.57. The average molecular weight is 507 g/mol. The SMILES string of the molecule is Cc1ccc(-c2ccc(/C=N\Nc3nc(Nc4ccccc4)nc(Nc4ccccc4)n3)o2)c([N+](=O)[O-])c1. The second-order valence-corrected chi connectivity index (χ2v) is 8.14. The maximum Gasteiger partial charge on any atom is 0.280 e. The molecule has 5 aromatic rings. The fourth-order valence-corrected chi connectivity index (χ4v) is 3.56. The summed E-state index contributed by atoms with van der Waals surface area (Å²) in [6, 6.07) is 27.3. The Hall–Kier alpha value is -5.58. The zero-order chi connectivity index (χ0) is 26.3. The highest BCUT2D eigenvalue weighted by molar-refractivity contribution is 5.79. The molecule has 0 saturated carbocycles. The van der Waals surface area contributed by atoms with Crippen LogP contribution in [-0.4, -0.2) is 26.1 Å². The van der Waals surface area contributed by atoms with Crippen LogP contribution in [0.2, 0.25) is 0 Å². The fourth-order valence-electron chi connectivity index (χ4n) is 3.56. The van der Waals surface area contributed by atoms with Crippen LogP contribution in [0.5, 0.6) is 0 Å². The first-order valence-corrected chi connectivity index (χ1v) is 11.6. The first kappa shape index (κ1) is 24.1. The number of aromatic nitrogens is 3. The third kappa shape index (κ3) is 5.97. The van der Waals surface area contributed by atoms with Gasteiger partial charge in [0.2, 0.25) is 17.8 Å². The van der Waals surface area contributed by atoms with Crippen molar-refractivity contribution in [2.24, 2.45) is 5.10 Å². The van der Waals surface area contributed by atoms with Gasteiger partial charge >= 0.3 is 0 Å². The summed E-state index contributed by atoms with van der Waals surface area (Å²) in [7, 11) is 0. The highest BCUT2D eigenvalue weighted by atomic mass is 16.6. The topological polar surface area (TPSA) is 143 Å². The fraction of sp³-hybridized carbons (Fsp3) is 0.0370. The molecular formula is C27H22N8O3. The van der Waals surface area contributed by atoms with Crippen LogP contribution in [0.4, 0.5) is 34.9 Å². The lowest BCUT2D eigenvalue weighted by Crippen LogP contribution is -2.07. The number of furan rings is 1. The molecular weight excluding hydrogens is 484 g/mol. The van der Waals surface area contributed by atoms with Gasteiger partial charge in [0.15, 0.2) is 0 Å². The minimum absolute atomic E-state index is 0.0250. The molecule has 0 spiro atoms. The summed E-state index contributed by atoms with van der Waals surface area (Å²) >= 11 is 0. The van der Waals surface area contributed by atoms with E-state index in [1.807, 2.05) is 60.7 Å². The van der Waals surface area contributed by atoms with E-state index in [2.05, 4.69) is 36.1 Å². The highest BCUT2D eigenvalue weighted by Gasteiger charge is 2.18. The Kier molecular flexibility index (Phi) is 6.98. The largest absolute Gasteiger partial charge is 0.455 e. The molecule has 11 heteroatoms. The molecule has 0 aliphatic carbocycles. The zero-order valence-electron chi connectivity index (χ0n) is 20.2. The number of nitro groups is 1. The van der Waals surface area contributed by atoms with Crippen LogP contribution in [0.1, 0.15) is 11.3 Å². The minimum Gasteiger partial charge on any atom is -0.455 e. The molecule has 188 valence electrons. The van der Waals surface area contributed by atoms with Gasteiger partial charge in [0.25, 0.3) is 5.69 Å². The van der Waals surface area contributed by atoms with Gasteiger partial charge < -0.3 is 15.1 Å². The zero-order valence-corrected chi connectivity index (χ0v) is 20.2. The maximum atomic E-state index is 11.5. The van der Waals surface area contributed by atoms with E-state index in [0.29, 0.717) is 29.0 Å². The molecule has 11 nitrogen and oxygen atoms in total. The van der Waals surface area contributed by atoms with Crippen molar-refractivity contribution in [1.29, 1.82) is 0 Å². The lowest BCUT2D eigenvalue weighted by molar-refractivity contribution is -0.384. The molecule has 0 fully saturated rings. The number of anilines is 5. The number of rotatable bonds is 9. The number of para-hydroxylation sites is 2. The van der Waals surface area contributed by atoms with Crippen LogP contribution in [-0.2, 0) is 0 Å². The second-order valence-electron chi connectivity index (χ2n) is 8.14. The molecule has 0 saturated heterocycles. The van der Waals surface area contributed by atoms with Crippen LogP contribution < -0.4 is 16.1 Å². The van der Waals surface area contributed by atoms with Crippen LogP contribution >= 0.6 is 0 Å². The van der Waals surface area contributed by atoms with Crippen LogP contribution in [0, 0.1) is 17.0 Å². The molecule has 2 heterocycles. The van der Waals surface area contributed by atoms with E-state index >= 15 is 0 Å². The Morgan fingerprint density at radius 2 is 1.42 bits per heavy atom. The van der Waals surface area contributed by atoms with E-state index < -0.39 is 4.92 Å². The van der Waals surface area contributed by atoms with Crippen LogP contribution in [0.25, 0.3) is 11.3 Å². The summed E-state index contributed by atoms with van der Waals surface area (Å²) in [6.07, 6.45) is 1.43. The van der Waals surface area contributed by atoms with Gasteiger partial charge in [-0.05, 0) is 55.0 Å². The molecule has 0 aliphatic rings. The first-order valence-electron chi connectivity index (χ1n) is 11.6.